The molecule has 2 N–H and O–H groups in total. The molecule has 0 heterocycles. The third-order valence-corrected chi connectivity index (χ3v) is 1.47. The van der Waals surface area contributed by atoms with Gasteiger partial charge in [0.2, 0.25) is 0 Å². The zero-order valence-corrected chi connectivity index (χ0v) is 7.64. The molecule has 0 aliphatic carbocycles. The minimum Gasteiger partial charge on any atom is -0.477 e. The summed E-state index contributed by atoms with van der Waals surface area (Å²) >= 11 is 0. The highest BCUT2D eigenvalue weighted by Gasteiger charge is 2.54. The number of hydrogen-bond donors (Lipinski definition) is 2. The number of rotatable bonds is 3. The predicted molar refractivity (Wildman–Crippen MR) is 42.6 cm³/mol. The number of hydrogen-bond acceptors (Lipinski definition) is 2. The number of halogens is 2. The molecule has 3 nitrogen and oxygen atoms in total. The molecule has 0 aliphatic heterocycles. The van der Waals surface area contributed by atoms with Crippen LogP contribution in [0.25, 0.3) is 0 Å². The summed E-state index contributed by atoms with van der Waals surface area (Å²) in [5.74, 6) is -6.51. The molecule has 0 spiro atoms. The molecule has 0 aromatic rings. The van der Waals surface area contributed by atoms with E-state index in [1.807, 2.05) is 0 Å². The molecule has 0 bridgehead atoms. The highest BCUT2D eigenvalue weighted by atomic mass is 19.3. The maximum Gasteiger partial charge on any atom is 0.378 e. The highest BCUT2D eigenvalue weighted by molar-refractivity contribution is 5.77. The van der Waals surface area contributed by atoms with Gasteiger partial charge >= 0.3 is 11.9 Å². The predicted octanol–water partition coefficient (Wildman–Crippen LogP) is 1.42. The Labute approximate surface area is 74.7 Å². The topological polar surface area (TPSA) is 57.5 Å². The van der Waals surface area contributed by atoms with Gasteiger partial charge in [-0.2, -0.15) is 8.78 Å². The lowest BCUT2D eigenvalue weighted by Gasteiger charge is -2.26. The molecular formula is C8H12F2O3. The van der Waals surface area contributed by atoms with Gasteiger partial charge in [-0.25, -0.2) is 4.79 Å². The summed E-state index contributed by atoms with van der Waals surface area (Å²) in [5, 5.41) is 17.3. The van der Waals surface area contributed by atoms with Crippen LogP contribution in [0.1, 0.15) is 20.8 Å². The van der Waals surface area contributed by atoms with E-state index in [0.717, 1.165) is 13.0 Å². The zero-order valence-electron chi connectivity index (χ0n) is 7.64. The monoisotopic (exact) mass is 194 g/mol. The second-order valence-electron chi connectivity index (χ2n) is 3.25. The largest absolute Gasteiger partial charge is 0.477 e. The van der Waals surface area contributed by atoms with Gasteiger partial charge in [-0.05, 0) is 26.8 Å². The Bertz CT molecular complexity index is 240. The number of allylic oxidation sites excluding steroid dienone is 1. The van der Waals surface area contributed by atoms with Crippen LogP contribution in [-0.4, -0.2) is 27.7 Å². The molecule has 0 fully saturated rings. The minimum atomic E-state index is -4.18. The number of alkyl halides is 2. The molecule has 0 aromatic carbocycles. The van der Waals surface area contributed by atoms with Gasteiger partial charge in [0.1, 0.15) is 0 Å². The molecule has 76 valence electrons. The van der Waals surface area contributed by atoms with Crippen molar-refractivity contribution in [3.63, 3.8) is 0 Å². The van der Waals surface area contributed by atoms with Crippen LogP contribution in [0.5, 0.6) is 0 Å². The van der Waals surface area contributed by atoms with Gasteiger partial charge < -0.3 is 10.2 Å². The first-order valence-electron chi connectivity index (χ1n) is 3.61. The van der Waals surface area contributed by atoms with Crippen LogP contribution in [-0.2, 0) is 4.79 Å². The van der Waals surface area contributed by atoms with Crippen molar-refractivity contribution in [1.82, 2.24) is 0 Å². The van der Waals surface area contributed by atoms with Gasteiger partial charge in [0.15, 0.2) is 5.60 Å². The van der Waals surface area contributed by atoms with Gasteiger partial charge in [0.25, 0.3) is 0 Å². The van der Waals surface area contributed by atoms with Crippen LogP contribution >= 0.6 is 0 Å². The van der Waals surface area contributed by atoms with Crippen molar-refractivity contribution >= 4 is 5.97 Å². The fourth-order valence-electron chi connectivity index (χ4n) is 0.869. The molecule has 0 rings (SSSR count). The Hall–Kier alpha value is -0.970. The maximum absolute atomic E-state index is 12.8. The van der Waals surface area contributed by atoms with Crippen molar-refractivity contribution in [2.75, 3.05) is 0 Å². The first-order valence-corrected chi connectivity index (χ1v) is 3.61. The molecule has 1 unspecified atom stereocenters. The van der Waals surface area contributed by atoms with Crippen molar-refractivity contribution in [2.45, 2.75) is 32.3 Å². The summed E-state index contributed by atoms with van der Waals surface area (Å²) in [5.41, 5.74) is -2.23. The fraction of sp³-hybridized carbons (Fsp3) is 0.625. The highest BCUT2D eigenvalue weighted by Crippen LogP contribution is 2.30. The van der Waals surface area contributed by atoms with Crippen LogP contribution in [0, 0.1) is 0 Å². The lowest BCUT2D eigenvalue weighted by atomic mass is 9.96. The fourth-order valence-corrected chi connectivity index (χ4v) is 0.869. The van der Waals surface area contributed by atoms with Crippen molar-refractivity contribution in [1.29, 1.82) is 0 Å². The van der Waals surface area contributed by atoms with E-state index < -0.39 is 17.5 Å². The van der Waals surface area contributed by atoms with Crippen LogP contribution in [0.15, 0.2) is 11.6 Å². The number of aliphatic hydroxyl groups is 1. The molecule has 0 radical (unpaired) electrons. The summed E-state index contributed by atoms with van der Waals surface area (Å²) in [4.78, 5) is 10.1. The SMILES string of the molecule is CC(C)=CC(C)(O)C(F)(F)C(=O)O. The molecule has 0 amide bonds. The van der Waals surface area contributed by atoms with Gasteiger partial charge in [0, 0.05) is 0 Å². The van der Waals surface area contributed by atoms with Crippen LogP contribution < -0.4 is 0 Å². The lowest BCUT2D eigenvalue weighted by molar-refractivity contribution is -0.193. The maximum atomic E-state index is 12.8. The van der Waals surface area contributed by atoms with Crippen molar-refractivity contribution < 1.29 is 23.8 Å². The third kappa shape index (κ3) is 2.48. The van der Waals surface area contributed by atoms with Crippen LogP contribution in [0.2, 0.25) is 0 Å². The molecule has 1 atom stereocenters. The van der Waals surface area contributed by atoms with Gasteiger partial charge in [-0.1, -0.05) is 5.57 Å². The van der Waals surface area contributed by atoms with E-state index in [9.17, 15) is 18.7 Å². The Balaban J connectivity index is 5.03. The van der Waals surface area contributed by atoms with E-state index in [-0.39, 0.29) is 0 Å². The van der Waals surface area contributed by atoms with E-state index in [4.69, 9.17) is 5.11 Å². The van der Waals surface area contributed by atoms with Crippen LogP contribution in [0.3, 0.4) is 0 Å². The van der Waals surface area contributed by atoms with Crippen molar-refractivity contribution in [2.24, 2.45) is 0 Å². The molecule has 0 aromatic heterocycles. The summed E-state index contributed by atoms with van der Waals surface area (Å²) in [6, 6.07) is 0. The standard InChI is InChI=1S/C8H12F2O3/c1-5(2)4-7(3,13)8(9,10)6(11)12/h4,13H,1-3H3,(H,11,12). The third-order valence-electron chi connectivity index (χ3n) is 1.47. The summed E-state index contributed by atoms with van der Waals surface area (Å²) in [7, 11) is 0. The summed E-state index contributed by atoms with van der Waals surface area (Å²) < 4.78 is 25.6. The second kappa shape index (κ2) is 3.41. The van der Waals surface area contributed by atoms with Crippen molar-refractivity contribution in [3.8, 4) is 0 Å². The number of carboxylic acid groups (broad SMARTS) is 1. The van der Waals surface area contributed by atoms with E-state index in [1.54, 1.807) is 0 Å². The average molecular weight is 194 g/mol. The second-order valence-corrected chi connectivity index (χ2v) is 3.25. The van der Waals surface area contributed by atoms with Crippen LogP contribution in [0.4, 0.5) is 8.78 Å². The Kier molecular flexibility index (Phi) is 3.16. The van der Waals surface area contributed by atoms with E-state index in [0.29, 0.717) is 5.57 Å². The number of carboxylic acids is 1. The quantitative estimate of drug-likeness (QED) is 0.668. The molecule has 0 saturated heterocycles. The zero-order chi connectivity index (χ0) is 10.9. The molecule has 5 heteroatoms. The Morgan fingerprint density at radius 1 is 1.38 bits per heavy atom. The normalized spacial score (nSPS) is 16.2. The molecule has 0 saturated carbocycles. The van der Waals surface area contributed by atoms with E-state index >= 15 is 0 Å². The van der Waals surface area contributed by atoms with Gasteiger partial charge in [-0.15, -0.1) is 0 Å². The van der Waals surface area contributed by atoms with Gasteiger partial charge in [-0.3, -0.25) is 0 Å². The molecule has 13 heavy (non-hydrogen) atoms. The van der Waals surface area contributed by atoms with E-state index in [2.05, 4.69) is 0 Å². The number of carbonyl (C=O) groups is 1. The molecular weight excluding hydrogens is 182 g/mol. The first kappa shape index (κ1) is 12.0. The smallest absolute Gasteiger partial charge is 0.378 e. The lowest BCUT2D eigenvalue weighted by Crippen LogP contribution is -2.49. The first-order chi connectivity index (χ1) is 5.61. The Morgan fingerprint density at radius 2 is 1.77 bits per heavy atom. The summed E-state index contributed by atoms with van der Waals surface area (Å²) in [6.45, 7) is 3.74. The summed E-state index contributed by atoms with van der Waals surface area (Å²) in [6.07, 6.45) is 0.821. The number of aliphatic carboxylic acids is 1. The molecule has 0 aliphatic rings. The average Bonchev–Trinajstić information content (AvgIpc) is 1.83. The van der Waals surface area contributed by atoms with E-state index in [1.165, 1.54) is 13.8 Å². The van der Waals surface area contributed by atoms with Crippen molar-refractivity contribution in [3.05, 3.63) is 11.6 Å². The minimum absolute atomic E-state index is 0.422. The van der Waals surface area contributed by atoms with Gasteiger partial charge in [0.05, 0.1) is 0 Å². The Morgan fingerprint density at radius 3 is 2.00 bits per heavy atom.